The maximum Gasteiger partial charge on any atom is 0.126 e. The third-order valence-electron chi connectivity index (χ3n) is 4.18. The fourth-order valence-electron chi connectivity index (χ4n) is 2.98. The lowest BCUT2D eigenvalue weighted by molar-refractivity contribution is 0.619. The van der Waals surface area contributed by atoms with Crippen LogP contribution < -0.4 is 0 Å². The van der Waals surface area contributed by atoms with Gasteiger partial charge in [0, 0.05) is 28.9 Å². The largest absolute Gasteiger partial charge is 0.256 e. The van der Waals surface area contributed by atoms with Crippen LogP contribution in [0.2, 0.25) is 0 Å². The first-order valence-electron chi connectivity index (χ1n) is 7.80. The SMILES string of the molecule is Cc1cc(-c2ncccc2-c2ccnc3ccccc23)ccc1F. The normalized spacial score (nSPS) is 10.9. The molecule has 0 atom stereocenters. The molecule has 0 amide bonds. The molecule has 2 aromatic carbocycles. The van der Waals surface area contributed by atoms with Crippen LogP contribution in [0.25, 0.3) is 33.3 Å². The number of pyridine rings is 2. The molecule has 0 fully saturated rings. The van der Waals surface area contributed by atoms with E-state index in [-0.39, 0.29) is 5.82 Å². The Morgan fingerprint density at radius 3 is 2.54 bits per heavy atom. The number of aromatic nitrogens is 2. The third-order valence-corrected chi connectivity index (χ3v) is 4.18. The minimum atomic E-state index is -0.203. The van der Waals surface area contributed by atoms with Gasteiger partial charge in [-0.05, 0) is 54.4 Å². The van der Waals surface area contributed by atoms with Crippen molar-refractivity contribution in [3.8, 4) is 22.4 Å². The standard InChI is InChI=1S/C21H15FN2/c1-14-13-15(8-9-19(14)22)21-18(6-4-11-24-21)16-10-12-23-20-7-3-2-5-17(16)20/h2-13H,1H3. The van der Waals surface area contributed by atoms with E-state index in [0.29, 0.717) is 5.56 Å². The quantitative estimate of drug-likeness (QED) is 0.494. The van der Waals surface area contributed by atoms with E-state index in [1.54, 1.807) is 19.2 Å². The molecule has 0 bridgehead atoms. The average molecular weight is 314 g/mol. The molecule has 116 valence electrons. The monoisotopic (exact) mass is 314 g/mol. The predicted octanol–water partition coefficient (Wildman–Crippen LogP) is 5.41. The lowest BCUT2D eigenvalue weighted by Crippen LogP contribution is -1.92. The number of hydrogen-bond donors (Lipinski definition) is 0. The number of fused-ring (bicyclic) bond motifs is 1. The highest BCUT2D eigenvalue weighted by Crippen LogP contribution is 2.34. The zero-order valence-corrected chi connectivity index (χ0v) is 13.2. The second-order valence-corrected chi connectivity index (χ2v) is 5.74. The van der Waals surface area contributed by atoms with Crippen molar-refractivity contribution >= 4 is 10.9 Å². The summed E-state index contributed by atoms with van der Waals surface area (Å²) < 4.78 is 13.6. The van der Waals surface area contributed by atoms with Gasteiger partial charge in [-0.3, -0.25) is 9.97 Å². The first-order valence-corrected chi connectivity index (χ1v) is 7.80. The highest BCUT2D eigenvalue weighted by atomic mass is 19.1. The van der Waals surface area contributed by atoms with Crippen molar-refractivity contribution in [1.29, 1.82) is 0 Å². The van der Waals surface area contributed by atoms with Gasteiger partial charge in [0.25, 0.3) is 0 Å². The molecule has 0 aliphatic heterocycles. The number of nitrogens with zero attached hydrogens (tertiary/aromatic N) is 2. The Labute approximate surface area is 139 Å². The number of hydrogen-bond acceptors (Lipinski definition) is 2. The van der Waals surface area contributed by atoms with Crippen molar-refractivity contribution in [2.24, 2.45) is 0 Å². The smallest absolute Gasteiger partial charge is 0.126 e. The lowest BCUT2D eigenvalue weighted by atomic mass is 9.96. The van der Waals surface area contributed by atoms with Gasteiger partial charge in [-0.15, -0.1) is 0 Å². The predicted molar refractivity (Wildman–Crippen MR) is 95.1 cm³/mol. The van der Waals surface area contributed by atoms with Gasteiger partial charge in [0.15, 0.2) is 0 Å². The van der Waals surface area contributed by atoms with Gasteiger partial charge in [-0.2, -0.15) is 0 Å². The zero-order valence-electron chi connectivity index (χ0n) is 13.2. The van der Waals surface area contributed by atoms with Crippen LogP contribution in [0.15, 0.2) is 73.1 Å². The van der Waals surface area contributed by atoms with Crippen molar-refractivity contribution < 1.29 is 4.39 Å². The number of benzene rings is 2. The van der Waals surface area contributed by atoms with E-state index in [9.17, 15) is 4.39 Å². The molecular formula is C21H15FN2. The topological polar surface area (TPSA) is 25.8 Å². The Hall–Kier alpha value is -3.07. The summed E-state index contributed by atoms with van der Waals surface area (Å²) in [4.78, 5) is 8.99. The molecule has 4 rings (SSSR count). The summed E-state index contributed by atoms with van der Waals surface area (Å²) in [5.74, 6) is -0.203. The Morgan fingerprint density at radius 2 is 1.67 bits per heavy atom. The molecule has 0 radical (unpaired) electrons. The van der Waals surface area contributed by atoms with Gasteiger partial charge in [0.2, 0.25) is 0 Å². The molecule has 0 saturated carbocycles. The second-order valence-electron chi connectivity index (χ2n) is 5.74. The van der Waals surface area contributed by atoms with E-state index in [2.05, 4.69) is 16.0 Å². The summed E-state index contributed by atoms with van der Waals surface area (Å²) in [5.41, 5.74) is 5.40. The van der Waals surface area contributed by atoms with Crippen LogP contribution in [0.3, 0.4) is 0 Å². The fourth-order valence-corrected chi connectivity index (χ4v) is 2.98. The van der Waals surface area contributed by atoms with Crippen LogP contribution in [0, 0.1) is 12.7 Å². The van der Waals surface area contributed by atoms with Gasteiger partial charge >= 0.3 is 0 Å². The molecule has 0 spiro atoms. The first-order chi connectivity index (χ1) is 11.7. The maximum absolute atomic E-state index is 13.6. The van der Waals surface area contributed by atoms with Gasteiger partial charge in [0.05, 0.1) is 11.2 Å². The van der Waals surface area contributed by atoms with Gasteiger partial charge in [-0.1, -0.05) is 24.3 Å². The fraction of sp³-hybridized carbons (Fsp3) is 0.0476. The van der Waals surface area contributed by atoms with E-state index in [4.69, 9.17) is 0 Å². The summed E-state index contributed by atoms with van der Waals surface area (Å²) in [6.07, 6.45) is 3.57. The molecule has 0 unspecified atom stereocenters. The summed E-state index contributed by atoms with van der Waals surface area (Å²) in [6.45, 7) is 1.77. The number of aryl methyl sites for hydroxylation is 1. The van der Waals surface area contributed by atoms with Gasteiger partial charge < -0.3 is 0 Å². The van der Waals surface area contributed by atoms with E-state index in [1.807, 2.05) is 48.7 Å². The lowest BCUT2D eigenvalue weighted by Gasteiger charge is -2.12. The van der Waals surface area contributed by atoms with E-state index >= 15 is 0 Å². The van der Waals surface area contributed by atoms with Crippen LogP contribution >= 0.6 is 0 Å². The van der Waals surface area contributed by atoms with Crippen molar-refractivity contribution in [3.63, 3.8) is 0 Å². The third kappa shape index (κ3) is 2.44. The molecule has 0 saturated heterocycles. The highest BCUT2D eigenvalue weighted by molar-refractivity contribution is 5.97. The Bertz CT molecular complexity index is 1040. The van der Waals surface area contributed by atoms with Crippen molar-refractivity contribution in [2.75, 3.05) is 0 Å². The molecule has 0 N–H and O–H groups in total. The van der Waals surface area contributed by atoms with Gasteiger partial charge in [-0.25, -0.2) is 4.39 Å². The van der Waals surface area contributed by atoms with E-state index in [0.717, 1.165) is 33.3 Å². The molecule has 0 aliphatic rings. The average Bonchev–Trinajstić information content (AvgIpc) is 2.63. The van der Waals surface area contributed by atoms with Crippen molar-refractivity contribution in [3.05, 3.63) is 84.4 Å². The molecular weight excluding hydrogens is 299 g/mol. The van der Waals surface area contributed by atoms with Crippen LogP contribution in [0.5, 0.6) is 0 Å². The molecule has 0 aliphatic carbocycles. The zero-order chi connectivity index (χ0) is 16.5. The van der Waals surface area contributed by atoms with Crippen LogP contribution in [0.1, 0.15) is 5.56 Å². The minimum Gasteiger partial charge on any atom is -0.256 e. The highest BCUT2D eigenvalue weighted by Gasteiger charge is 2.12. The number of rotatable bonds is 2. The van der Waals surface area contributed by atoms with Crippen molar-refractivity contribution in [2.45, 2.75) is 6.92 Å². The van der Waals surface area contributed by atoms with Crippen molar-refractivity contribution in [1.82, 2.24) is 9.97 Å². The molecule has 2 nitrogen and oxygen atoms in total. The second kappa shape index (κ2) is 5.85. The summed E-state index contributed by atoms with van der Waals surface area (Å²) >= 11 is 0. The summed E-state index contributed by atoms with van der Waals surface area (Å²) in [5, 5.41) is 1.08. The Kier molecular flexibility index (Phi) is 3.54. The molecule has 4 aromatic rings. The maximum atomic E-state index is 13.6. The summed E-state index contributed by atoms with van der Waals surface area (Å²) in [6, 6.07) is 19.1. The summed E-state index contributed by atoms with van der Waals surface area (Å²) in [7, 11) is 0. The van der Waals surface area contributed by atoms with Crippen LogP contribution in [-0.2, 0) is 0 Å². The number of halogens is 1. The van der Waals surface area contributed by atoms with E-state index < -0.39 is 0 Å². The Balaban J connectivity index is 1.98. The van der Waals surface area contributed by atoms with Gasteiger partial charge in [0.1, 0.15) is 5.82 Å². The Morgan fingerprint density at radius 1 is 0.792 bits per heavy atom. The molecule has 2 aromatic heterocycles. The first kappa shape index (κ1) is 14.5. The minimum absolute atomic E-state index is 0.203. The van der Waals surface area contributed by atoms with E-state index in [1.165, 1.54) is 6.07 Å². The molecule has 24 heavy (non-hydrogen) atoms. The number of para-hydroxylation sites is 1. The van der Waals surface area contributed by atoms with Crippen LogP contribution in [0.4, 0.5) is 4.39 Å². The van der Waals surface area contributed by atoms with Crippen LogP contribution in [-0.4, -0.2) is 9.97 Å². The molecule has 2 heterocycles. The molecule has 3 heteroatoms.